The van der Waals surface area contributed by atoms with Crippen molar-refractivity contribution in [2.45, 2.75) is 45.4 Å². The van der Waals surface area contributed by atoms with Crippen LogP contribution in [0.3, 0.4) is 0 Å². The van der Waals surface area contributed by atoms with Gasteiger partial charge in [-0.3, -0.25) is 4.90 Å². The maximum absolute atomic E-state index is 14.0. The molecule has 3 atom stereocenters. The third-order valence-corrected chi connectivity index (χ3v) is 7.00. The number of carbonyl (C=O) groups is 1. The number of β-amino-alcohol motifs (C(OH)–C–C–N with tert-alkyl or cyclic N) is 1. The van der Waals surface area contributed by atoms with Gasteiger partial charge in [-0.1, -0.05) is 60.7 Å². The second-order valence-corrected chi connectivity index (χ2v) is 9.79. The summed E-state index contributed by atoms with van der Waals surface area (Å²) in [6.07, 6.45) is 3.93. The average Bonchev–Trinajstić information content (AvgIpc) is 3.30. The summed E-state index contributed by atoms with van der Waals surface area (Å²) in [5, 5.41) is 20.1. The van der Waals surface area contributed by atoms with Gasteiger partial charge in [0.25, 0.3) is 0 Å². The van der Waals surface area contributed by atoms with Crippen molar-refractivity contribution in [1.29, 1.82) is 0 Å². The largest absolute Gasteiger partial charge is 0.478 e. The Bertz CT molecular complexity index is 1290. The molecule has 0 saturated carbocycles. The molecule has 4 rings (SSSR count). The molecule has 2 N–H and O–H groups in total. The summed E-state index contributed by atoms with van der Waals surface area (Å²) in [6, 6.07) is 18.7. The van der Waals surface area contributed by atoms with Gasteiger partial charge < -0.3 is 14.9 Å². The summed E-state index contributed by atoms with van der Waals surface area (Å²) >= 11 is 0. The monoisotopic (exact) mass is 503 g/mol. The Hall–Kier alpha value is -3.32. The van der Waals surface area contributed by atoms with Crippen molar-refractivity contribution >= 4 is 5.97 Å². The molecule has 37 heavy (non-hydrogen) atoms. The van der Waals surface area contributed by atoms with Crippen LogP contribution in [0.4, 0.5) is 4.39 Å². The Balaban J connectivity index is 1.37. The van der Waals surface area contributed by atoms with Gasteiger partial charge in [-0.15, -0.1) is 0 Å². The minimum Gasteiger partial charge on any atom is -0.478 e. The maximum Gasteiger partial charge on any atom is 0.335 e. The van der Waals surface area contributed by atoms with Gasteiger partial charge in [0.05, 0.1) is 24.4 Å². The van der Waals surface area contributed by atoms with Crippen LogP contribution in [0.2, 0.25) is 0 Å². The highest BCUT2D eigenvalue weighted by Gasteiger charge is 2.24. The number of nitrogens with zero attached hydrogens (tertiary/aromatic N) is 1. The topological polar surface area (TPSA) is 70.0 Å². The Labute approximate surface area is 217 Å². The van der Waals surface area contributed by atoms with Crippen molar-refractivity contribution in [2.24, 2.45) is 0 Å². The third-order valence-electron chi connectivity index (χ3n) is 7.00. The number of carboxylic acids is 1. The lowest BCUT2D eigenvalue weighted by Crippen LogP contribution is -2.39. The van der Waals surface area contributed by atoms with Gasteiger partial charge >= 0.3 is 5.97 Å². The molecule has 1 aliphatic rings. The van der Waals surface area contributed by atoms with Crippen LogP contribution in [0, 0.1) is 19.7 Å². The molecule has 0 aromatic heterocycles. The van der Waals surface area contributed by atoms with Gasteiger partial charge in [-0.05, 0) is 72.7 Å². The molecule has 3 aromatic rings. The minimum atomic E-state index is -0.940. The van der Waals surface area contributed by atoms with Crippen molar-refractivity contribution in [2.75, 3.05) is 19.7 Å². The van der Waals surface area contributed by atoms with Crippen LogP contribution in [0.5, 0.6) is 0 Å². The minimum absolute atomic E-state index is 0.104. The first-order valence-electron chi connectivity index (χ1n) is 12.6. The molecule has 0 aliphatic carbocycles. The van der Waals surface area contributed by atoms with Crippen LogP contribution in [-0.2, 0) is 11.2 Å². The Morgan fingerprint density at radius 3 is 2.62 bits per heavy atom. The lowest BCUT2D eigenvalue weighted by molar-refractivity contribution is -0.0160. The Kier molecular flexibility index (Phi) is 8.54. The fourth-order valence-electron chi connectivity index (χ4n) is 4.88. The van der Waals surface area contributed by atoms with E-state index in [-0.39, 0.29) is 30.1 Å². The summed E-state index contributed by atoms with van der Waals surface area (Å²) < 4.78 is 20.1. The zero-order chi connectivity index (χ0) is 26.5. The van der Waals surface area contributed by atoms with Gasteiger partial charge in [0.2, 0.25) is 0 Å². The maximum atomic E-state index is 14.0. The summed E-state index contributed by atoms with van der Waals surface area (Å²) in [6.45, 7) is 6.87. The summed E-state index contributed by atoms with van der Waals surface area (Å²) in [5.74, 6) is -1.13. The molecule has 1 heterocycles. The molecule has 0 bridgehead atoms. The second kappa shape index (κ2) is 11.8. The number of aliphatic hydroxyl groups excluding tert-OH is 1. The number of hydrogen-bond donors (Lipinski definition) is 2. The lowest BCUT2D eigenvalue weighted by Gasteiger charge is -2.27. The number of benzene rings is 3. The third kappa shape index (κ3) is 6.52. The van der Waals surface area contributed by atoms with E-state index < -0.39 is 12.1 Å². The van der Waals surface area contributed by atoms with Crippen molar-refractivity contribution in [3.8, 4) is 11.1 Å². The van der Waals surface area contributed by atoms with E-state index in [1.54, 1.807) is 32.0 Å². The highest BCUT2D eigenvalue weighted by atomic mass is 19.1. The van der Waals surface area contributed by atoms with Crippen LogP contribution >= 0.6 is 0 Å². The summed E-state index contributed by atoms with van der Waals surface area (Å²) in [7, 11) is 0. The number of aromatic carboxylic acids is 1. The quantitative estimate of drug-likeness (QED) is 0.346. The fourth-order valence-corrected chi connectivity index (χ4v) is 4.88. The van der Waals surface area contributed by atoms with Gasteiger partial charge in [0.1, 0.15) is 5.82 Å². The van der Waals surface area contributed by atoms with Gasteiger partial charge in [0.15, 0.2) is 0 Å². The molecule has 0 saturated heterocycles. The standard InChI is InChI=1S/C31H34FNO4/c1-20-10-11-23(17-30(20)32)16-25-7-6-14-33(25)18-26(34)19-37-22(3)28-8-4-5-9-29(28)24-12-13-27(31(35)36)21(2)15-24/h4-13,15,17,22,25-26,34H,14,16,18-19H2,1-3H3,(H,35,36)/t22-,25+,26-/m1/s1. The molecule has 3 aromatic carbocycles. The summed E-state index contributed by atoms with van der Waals surface area (Å²) in [5.41, 5.74) is 5.43. The molecule has 0 spiro atoms. The van der Waals surface area contributed by atoms with Crippen LogP contribution in [0.15, 0.2) is 72.8 Å². The molecule has 0 amide bonds. The van der Waals surface area contributed by atoms with E-state index in [1.807, 2.05) is 49.4 Å². The summed E-state index contributed by atoms with van der Waals surface area (Å²) in [4.78, 5) is 13.6. The van der Waals surface area contributed by atoms with Crippen LogP contribution < -0.4 is 0 Å². The first kappa shape index (κ1) is 26.7. The number of carboxylic acid groups (broad SMARTS) is 1. The lowest BCUT2D eigenvalue weighted by atomic mass is 9.94. The van der Waals surface area contributed by atoms with Crippen LogP contribution in [0.25, 0.3) is 11.1 Å². The van der Waals surface area contributed by atoms with Crippen LogP contribution in [0.1, 0.15) is 45.6 Å². The molecule has 194 valence electrons. The molecule has 1 aliphatic heterocycles. The van der Waals surface area contributed by atoms with Crippen molar-refractivity contribution in [3.05, 3.63) is 106 Å². The van der Waals surface area contributed by atoms with E-state index >= 15 is 0 Å². The highest BCUT2D eigenvalue weighted by molar-refractivity contribution is 5.90. The number of aliphatic hydroxyl groups is 1. The molecular formula is C31H34FNO4. The SMILES string of the molecule is Cc1ccc(C[C@@H]2C=CCN2C[C@@H](O)CO[C@H](C)c2ccccc2-c2ccc(C(=O)O)c(C)c2)cc1F. The van der Waals surface area contributed by atoms with E-state index in [1.165, 1.54) is 0 Å². The number of rotatable bonds is 10. The second-order valence-electron chi connectivity index (χ2n) is 9.79. The van der Waals surface area contributed by atoms with E-state index in [4.69, 9.17) is 4.74 Å². The first-order valence-corrected chi connectivity index (χ1v) is 12.6. The number of aryl methyl sites for hydroxylation is 2. The van der Waals surface area contributed by atoms with Crippen molar-refractivity contribution in [3.63, 3.8) is 0 Å². The van der Waals surface area contributed by atoms with E-state index in [2.05, 4.69) is 17.1 Å². The molecule has 5 nitrogen and oxygen atoms in total. The molecule has 0 radical (unpaired) electrons. The van der Waals surface area contributed by atoms with E-state index in [0.29, 0.717) is 24.1 Å². The molecule has 6 heteroatoms. The first-order chi connectivity index (χ1) is 17.7. The number of ether oxygens (including phenoxy) is 1. The fraction of sp³-hybridized carbons (Fsp3) is 0.323. The molecule has 0 fully saturated rings. The predicted molar refractivity (Wildman–Crippen MR) is 143 cm³/mol. The Morgan fingerprint density at radius 1 is 1.11 bits per heavy atom. The predicted octanol–water partition coefficient (Wildman–Crippen LogP) is 5.73. The number of hydrogen-bond acceptors (Lipinski definition) is 4. The molecular weight excluding hydrogens is 469 g/mol. The highest BCUT2D eigenvalue weighted by Crippen LogP contribution is 2.31. The zero-order valence-corrected chi connectivity index (χ0v) is 21.5. The van der Waals surface area contributed by atoms with Crippen LogP contribution in [-0.4, -0.2) is 52.9 Å². The smallest absolute Gasteiger partial charge is 0.335 e. The number of halogens is 1. The van der Waals surface area contributed by atoms with Gasteiger partial charge in [0, 0.05) is 19.1 Å². The van der Waals surface area contributed by atoms with Gasteiger partial charge in [-0.25, -0.2) is 9.18 Å². The van der Waals surface area contributed by atoms with Crippen molar-refractivity contribution in [1.82, 2.24) is 4.90 Å². The van der Waals surface area contributed by atoms with Crippen molar-refractivity contribution < 1.29 is 24.1 Å². The zero-order valence-electron chi connectivity index (χ0n) is 21.5. The van der Waals surface area contributed by atoms with Gasteiger partial charge in [-0.2, -0.15) is 0 Å². The van der Waals surface area contributed by atoms with E-state index in [9.17, 15) is 19.4 Å². The Morgan fingerprint density at radius 2 is 1.89 bits per heavy atom. The average molecular weight is 504 g/mol. The normalized spacial score (nSPS) is 17.2. The molecule has 0 unspecified atom stereocenters. The van der Waals surface area contributed by atoms with E-state index in [0.717, 1.165) is 28.8 Å².